The number of fused-ring (bicyclic) bond motifs is 2. The van der Waals surface area contributed by atoms with E-state index in [4.69, 9.17) is 13.1 Å². The third kappa shape index (κ3) is 2.93. The zero-order valence-electron chi connectivity index (χ0n) is 14.1. The summed E-state index contributed by atoms with van der Waals surface area (Å²) in [5.74, 6) is -0.815. The Labute approximate surface area is 155 Å². The van der Waals surface area contributed by atoms with Crippen molar-refractivity contribution in [2.24, 2.45) is 0 Å². The molecule has 1 aromatic heterocycles. The first kappa shape index (κ1) is 17.2. The second-order valence-corrected chi connectivity index (χ2v) is 6.75. The number of rotatable bonds is 3. The summed E-state index contributed by atoms with van der Waals surface area (Å²) in [4.78, 5) is 34.1. The third-order valence-electron chi connectivity index (χ3n) is 4.92. The number of benzene rings is 1. The van der Waals surface area contributed by atoms with Gasteiger partial charge in [-0.25, -0.2) is 14.4 Å². The summed E-state index contributed by atoms with van der Waals surface area (Å²) in [6.45, 7) is -0.133. The summed E-state index contributed by atoms with van der Waals surface area (Å²) in [6.07, 6.45) is 1.79. The minimum Gasteiger partial charge on any atom is -0.328 e. The molecule has 2 aromatic rings. The maximum absolute atomic E-state index is 14.2. The first-order chi connectivity index (χ1) is 12.9. The van der Waals surface area contributed by atoms with Gasteiger partial charge in [0.2, 0.25) is 11.9 Å². The predicted molar refractivity (Wildman–Crippen MR) is 94.3 cm³/mol. The highest BCUT2D eigenvalue weighted by molar-refractivity contribution is 6.32. The Morgan fingerprint density at radius 2 is 2.15 bits per heavy atom. The van der Waals surface area contributed by atoms with Gasteiger partial charge in [-0.3, -0.25) is 14.9 Å². The molecule has 1 aliphatic heterocycles. The molecule has 1 saturated carbocycles. The van der Waals surface area contributed by atoms with Crippen LogP contribution in [0, 0.1) is 11.3 Å². The van der Waals surface area contributed by atoms with Crippen LogP contribution < -0.4 is 10.8 Å². The van der Waals surface area contributed by atoms with Gasteiger partial charge in [0, 0.05) is 17.5 Å². The standard InChI is InChI=1S/C18H13BFN5O2/c19-11-1-2-12-13(3-11)18(4-14(18)20)9-25(16(12)27)8-15(26)24-17-22-6-10(5-21)7-23-17/h1-3,6-7,14H,4,8-9H2,(H,22,23,24,26)/t14?,18-/m0/s1. The highest BCUT2D eigenvalue weighted by Crippen LogP contribution is 2.54. The molecule has 0 saturated heterocycles. The van der Waals surface area contributed by atoms with Crippen molar-refractivity contribution >= 4 is 31.1 Å². The number of carbonyl (C=O) groups is 2. The summed E-state index contributed by atoms with van der Waals surface area (Å²) < 4.78 is 14.2. The van der Waals surface area contributed by atoms with E-state index in [2.05, 4.69) is 15.3 Å². The molecule has 1 spiro atoms. The number of carbonyl (C=O) groups excluding carboxylic acids is 2. The first-order valence-corrected chi connectivity index (χ1v) is 8.28. The van der Waals surface area contributed by atoms with Crippen molar-refractivity contribution in [3.05, 3.63) is 47.3 Å². The van der Waals surface area contributed by atoms with Gasteiger partial charge in [-0.1, -0.05) is 17.6 Å². The highest BCUT2D eigenvalue weighted by Gasteiger charge is 2.61. The molecule has 1 unspecified atom stereocenters. The molecule has 132 valence electrons. The summed E-state index contributed by atoms with van der Waals surface area (Å²) in [5.41, 5.74) is 0.943. The van der Waals surface area contributed by atoms with Crippen molar-refractivity contribution in [1.82, 2.24) is 14.9 Å². The molecule has 27 heavy (non-hydrogen) atoms. The average Bonchev–Trinajstić information content (AvgIpc) is 3.30. The van der Waals surface area contributed by atoms with E-state index in [-0.39, 0.29) is 30.5 Å². The molecule has 0 bridgehead atoms. The SMILES string of the molecule is [B]c1ccc2c(c1)[C@]1(CC1F)CN(CC(=O)Nc1ncc(C#N)cn1)C2=O. The van der Waals surface area contributed by atoms with Crippen LogP contribution in [0.2, 0.25) is 0 Å². The van der Waals surface area contributed by atoms with Crippen LogP contribution in [0.15, 0.2) is 30.6 Å². The van der Waals surface area contributed by atoms with Crippen LogP contribution in [-0.4, -0.2) is 53.8 Å². The van der Waals surface area contributed by atoms with Gasteiger partial charge in [-0.05, 0) is 18.1 Å². The number of hydrogen-bond donors (Lipinski definition) is 1. The van der Waals surface area contributed by atoms with Crippen LogP contribution in [0.3, 0.4) is 0 Å². The van der Waals surface area contributed by atoms with Crippen LogP contribution in [0.25, 0.3) is 0 Å². The smallest absolute Gasteiger partial charge is 0.254 e. The van der Waals surface area contributed by atoms with Crippen molar-refractivity contribution in [2.45, 2.75) is 18.0 Å². The Bertz CT molecular complexity index is 990. The molecule has 2 amide bonds. The summed E-state index contributed by atoms with van der Waals surface area (Å²) in [6, 6.07) is 6.69. The topological polar surface area (TPSA) is 99.0 Å². The van der Waals surface area contributed by atoms with E-state index in [1.807, 2.05) is 6.07 Å². The number of alkyl halides is 1. The summed E-state index contributed by atoms with van der Waals surface area (Å²) in [5, 5.41) is 11.2. The molecule has 2 radical (unpaired) electrons. The van der Waals surface area contributed by atoms with E-state index in [0.717, 1.165) is 0 Å². The van der Waals surface area contributed by atoms with Crippen LogP contribution in [-0.2, 0) is 10.2 Å². The van der Waals surface area contributed by atoms with Gasteiger partial charge in [0.25, 0.3) is 5.91 Å². The fourth-order valence-corrected chi connectivity index (χ4v) is 3.45. The van der Waals surface area contributed by atoms with Crippen LogP contribution in [0.4, 0.5) is 10.3 Å². The quantitative estimate of drug-likeness (QED) is 0.789. The first-order valence-electron chi connectivity index (χ1n) is 8.28. The van der Waals surface area contributed by atoms with Crippen molar-refractivity contribution < 1.29 is 14.0 Å². The number of nitrogens with zero attached hydrogens (tertiary/aromatic N) is 4. The Morgan fingerprint density at radius 3 is 2.78 bits per heavy atom. The molecule has 9 heteroatoms. The maximum atomic E-state index is 14.2. The van der Waals surface area contributed by atoms with Crippen LogP contribution in [0.5, 0.6) is 0 Å². The van der Waals surface area contributed by atoms with E-state index in [9.17, 15) is 14.0 Å². The zero-order chi connectivity index (χ0) is 19.2. The van der Waals surface area contributed by atoms with E-state index >= 15 is 0 Å². The van der Waals surface area contributed by atoms with E-state index in [1.54, 1.807) is 18.2 Å². The fraction of sp³-hybridized carbons (Fsp3) is 0.278. The second kappa shape index (κ2) is 6.16. The van der Waals surface area contributed by atoms with Crippen molar-refractivity contribution in [3.8, 4) is 6.07 Å². The lowest BCUT2D eigenvalue weighted by Crippen LogP contribution is -2.48. The van der Waals surface area contributed by atoms with Gasteiger partial charge >= 0.3 is 0 Å². The monoisotopic (exact) mass is 361 g/mol. The van der Waals surface area contributed by atoms with Gasteiger partial charge in [0.15, 0.2) is 0 Å². The summed E-state index contributed by atoms with van der Waals surface area (Å²) in [7, 11) is 5.80. The number of halogens is 1. The zero-order valence-corrected chi connectivity index (χ0v) is 14.1. The Kier molecular flexibility index (Phi) is 3.91. The predicted octanol–water partition coefficient (Wildman–Crippen LogP) is 0.216. The van der Waals surface area contributed by atoms with E-state index in [0.29, 0.717) is 23.0 Å². The number of anilines is 1. The van der Waals surface area contributed by atoms with Crippen molar-refractivity contribution in [3.63, 3.8) is 0 Å². The number of hydrogen-bond acceptors (Lipinski definition) is 5. The van der Waals surface area contributed by atoms with E-state index in [1.165, 1.54) is 17.3 Å². The Hall–Kier alpha value is -3.28. The molecule has 1 N–H and O–H groups in total. The van der Waals surface area contributed by atoms with Crippen molar-refractivity contribution in [1.29, 1.82) is 5.26 Å². The molecule has 1 aliphatic carbocycles. The van der Waals surface area contributed by atoms with Gasteiger partial charge < -0.3 is 4.90 Å². The lowest BCUT2D eigenvalue weighted by atomic mass is 9.82. The van der Waals surface area contributed by atoms with E-state index < -0.39 is 17.5 Å². The largest absolute Gasteiger partial charge is 0.328 e. The normalized spacial score (nSPS) is 22.9. The highest BCUT2D eigenvalue weighted by atomic mass is 19.1. The number of amides is 2. The number of nitriles is 1. The number of nitrogens with one attached hydrogen (secondary N) is 1. The molecule has 1 fully saturated rings. The Balaban J connectivity index is 1.52. The maximum Gasteiger partial charge on any atom is 0.254 e. The van der Waals surface area contributed by atoms with Gasteiger partial charge in [0.1, 0.15) is 26.6 Å². The fourth-order valence-electron chi connectivity index (χ4n) is 3.45. The minimum absolute atomic E-state index is 0.0288. The second-order valence-electron chi connectivity index (χ2n) is 6.75. The molecule has 2 aliphatic rings. The summed E-state index contributed by atoms with van der Waals surface area (Å²) >= 11 is 0. The molecule has 1 aromatic carbocycles. The van der Waals surface area contributed by atoms with Gasteiger partial charge in [-0.2, -0.15) is 5.26 Å². The molecule has 2 heterocycles. The molecular weight excluding hydrogens is 348 g/mol. The van der Waals surface area contributed by atoms with Crippen molar-refractivity contribution in [2.75, 3.05) is 18.4 Å². The molecule has 4 rings (SSSR count). The molecular formula is C18H13BFN5O2. The lowest BCUT2D eigenvalue weighted by molar-refractivity contribution is -0.117. The number of aromatic nitrogens is 2. The minimum atomic E-state index is -1.07. The van der Waals surface area contributed by atoms with Crippen LogP contribution >= 0.6 is 0 Å². The molecule has 2 atom stereocenters. The average molecular weight is 361 g/mol. The van der Waals surface area contributed by atoms with Crippen LogP contribution in [0.1, 0.15) is 27.9 Å². The third-order valence-corrected chi connectivity index (χ3v) is 4.92. The van der Waals surface area contributed by atoms with Gasteiger partial charge in [0.05, 0.1) is 18.0 Å². The molecule has 7 nitrogen and oxygen atoms in total. The lowest BCUT2D eigenvalue weighted by Gasteiger charge is -2.34. The van der Waals surface area contributed by atoms with Gasteiger partial charge in [-0.15, -0.1) is 0 Å². The Morgan fingerprint density at radius 1 is 1.44 bits per heavy atom.